The van der Waals surface area contributed by atoms with Gasteiger partial charge in [0, 0.05) is 11.3 Å². The van der Waals surface area contributed by atoms with Crippen LogP contribution in [0.3, 0.4) is 0 Å². The minimum absolute atomic E-state index is 0.0781. The van der Waals surface area contributed by atoms with Crippen LogP contribution in [0.15, 0.2) is 78.0 Å². The van der Waals surface area contributed by atoms with Gasteiger partial charge in [-0.05, 0) is 50.1 Å². The van der Waals surface area contributed by atoms with Gasteiger partial charge >= 0.3 is 0 Å². The second kappa shape index (κ2) is 9.18. The number of benzene rings is 3. The standard InChI is InChI=1S/C25H24N4OS/c1-17-10-13-21(14-11-17)26-23(30)16-31-25-28-27-24(20-7-5-4-6-8-20)29(25)22-15-18(2)9-12-19(22)3/h4-15H,16H2,1-3H3,(H,26,30). The summed E-state index contributed by atoms with van der Waals surface area (Å²) in [7, 11) is 0. The maximum absolute atomic E-state index is 12.5. The molecule has 1 N–H and O–H groups in total. The summed E-state index contributed by atoms with van der Waals surface area (Å²) < 4.78 is 2.04. The van der Waals surface area contributed by atoms with Gasteiger partial charge in [-0.15, -0.1) is 10.2 Å². The zero-order valence-electron chi connectivity index (χ0n) is 17.8. The summed E-state index contributed by atoms with van der Waals surface area (Å²) in [6.45, 7) is 6.16. The normalized spacial score (nSPS) is 10.8. The van der Waals surface area contributed by atoms with Crippen molar-refractivity contribution in [3.63, 3.8) is 0 Å². The summed E-state index contributed by atoms with van der Waals surface area (Å²) >= 11 is 1.38. The molecule has 0 atom stereocenters. The van der Waals surface area contributed by atoms with E-state index in [0.717, 1.165) is 39.5 Å². The first-order chi connectivity index (χ1) is 15.0. The predicted octanol–water partition coefficient (Wildman–Crippen LogP) is 5.59. The highest BCUT2D eigenvalue weighted by Gasteiger charge is 2.18. The van der Waals surface area contributed by atoms with Gasteiger partial charge in [0.15, 0.2) is 11.0 Å². The van der Waals surface area contributed by atoms with Gasteiger partial charge in [0.1, 0.15) is 0 Å². The van der Waals surface area contributed by atoms with Gasteiger partial charge in [0.05, 0.1) is 11.4 Å². The van der Waals surface area contributed by atoms with Crippen LogP contribution in [0.2, 0.25) is 0 Å². The molecule has 0 aliphatic carbocycles. The average Bonchev–Trinajstić information content (AvgIpc) is 3.20. The van der Waals surface area contributed by atoms with Crippen LogP contribution >= 0.6 is 11.8 Å². The molecule has 5 nitrogen and oxygen atoms in total. The topological polar surface area (TPSA) is 59.8 Å². The smallest absolute Gasteiger partial charge is 0.234 e. The van der Waals surface area contributed by atoms with E-state index < -0.39 is 0 Å². The molecule has 0 unspecified atom stereocenters. The molecule has 0 saturated heterocycles. The zero-order valence-corrected chi connectivity index (χ0v) is 18.6. The van der Waals surface area contributed by atoms with E-state index in [4.69, 9.17) is 0 Å². The number of aromatic nitrogens is 3. The Bertz CT molecular complexity index is 1200. The molecule has 31 heavy (non-hydrogen) atoms. The van der Waals surface area contributed by atoms with Crippen LogP contribution in [0.25, 0.3) is 17.1 Å². The van der Waals surface area contributed by atoms with E-state index in [1.54, 1.807) is 0 Å². The highest BCUT2D eigenvalue weighted by atomic mass is 32.2. The van der Waals surface area contributed by atoms with Crippen molar-refractivity contribution in [3.8, 4) is 17.1 Å². The Morgan fingerprint density at radius 2 is 1.61 bits per heavy atom. The van der Waals surface area contributed by atoms with Gasteiger partial charge in [-0.2, -0.15) is 0 Å². The fourth-order valence-corrected chi connectivity index (χ4v) is 4.02. The van der Waals surface area contributed by atoms with E-state index in [-0.39, 0.29) is 11.7 Å². The average molecular weight is 429 g/mol. The molecular weight excluding hydrogens is 404 g/mol. The van der Waals surface area contributed by atoms with Crippen LogP contribution in [0.1, 0.15) is 16.7 Å². The molecule has 1 aromatic heterocycles. The molecular formula is C25H24N4OS. The Morgan fingerprint density at radius 3 is 2.35 bits per heavy atom. The molecule has 1 heterocycles. The number of nitrogens with one attached hydrogen (secondary N) is 1. The fourth-order valence-electron chi connectivity index (χ4n) is 3.28. The Morgan fingerprint density at radius 1 is 0.903 bits per heavy atom. The highest BCUT2D eigenvalue weighted by molar-refractivity contribution is 7.99. The Balaban J connectivity index is 1.63. The number of carbonyl (C=O) groups is 1. The molecule has 0 fully saturated rings. The number of carbonyl (C=O) groups excluding carboxylic acids is 1. The van der Waals surface area contributed by atoms with Crippen molar-refractivity contribution in [2.24, 2.45) is 0 Å². The summed E-state index contributed by atoms with van der Waals surface area (Å²) in [6.07, 6.45) is 0. The van der Waals surface area contributed by atoms with E-state index >= 15 is 0 Å². The monoisotopic (exact) mass is 428 g/mol. The Hall–Kier alpha value is -3.38. The van der Waals surface area contributed by atoms with E-state index in [1.807, 2.05) is 66.1 Å². The minimum Gasteiger partial charge on any atom is -0.325 e. The molecule has 0 bridgehead atoms. The van der Waals surface area contributed by atoms with Crippen molar-refractivity contribution in [1.29, 1.82) is 0 Å². The molecule has 4 aromatic rings. The maximum atomic E-state index is 12.5. The lowest BCUT2D eigenvalue weighted by Crippen LogP contribution is -2.14. The lowest BCUT2D eigenvalue weighted by molar-refractivity contribution is -0.113. The second-order valence-electron chi connectivity index (χ2n) is 7.50. The molecule has 0 radical (unpaired) electrons. The van der Waals surface area contributed by atoms with Crippen LogP contribution < -0.4 is 5.32 Å². The number of anilines is 1. The van der Waals surface area contributed by atoms with Crippen LogP contribution in [0.4, 0.5) is 5.69 Å². The van der Waals surface area contributed by atoms with Gasteiger partial charge in [0.25, 0.3) is 0 Å². The van der Waals surface area contributed by atoms with Crippen LogP contribution in [0, 0.1) is 20.8 Å². The summed E-state index contributed by atoms with van der Waals surface area (Å²) in [5, 5.41) is 12.5. The number of thioether (sulfide) groups is 1. The third kappa shape index (κ3) is 4.86. The second-order valence-corrected chi connectivity index (χ2v) is 8.44. The Labute approximate surface area is 186 Å². The lowest BCUT2D eigenvalue weighted by atomic mass is 10.1. The van der Waals surface area contributed by atoms with Gasteiger partial charge < -0.3 is 5.32 Å². The molecule has 156 valence electrons. The first kappa shape index (κ1) is 20.9. The lowest BCUT2D eigenvalue weighted by Gasteiger charge is -2.14. The molecule has 0 spiro atoms. The van der Waals surface area contributed by atoms with Crippen molar-refractivity contribution < 1.29 is 4.79 Å². The maximum Gasteiger partial charge on any atom is 0.234 e. The summed E-state index contributed by atoms with van der Waals surface area (Å²) in [5.74, 6) is 0.924. The third-order valence-corrected chi connectivity index (χ3v) is 5.87. The summed E-state index contributed by atoms with van der Waals surface area (Å²) in [4.78, 5) is 12.5. The largest absolute Gasteiger partial charge is 0.325 e. The van der Waals surface area contributed by atoms with Gasteiger partial charge in [-0.1, -0.05) is 71.9 Å². The first-order valence-electron chi connectivity index (χ1n) is 10.1. The van der Waals surface area contributed by atoms with Crippen LogP contribution in [0.5, 0.6) is 0 Å². The SMILES string of the molecule is Cc1ccc(NC(=O)CSc2nnc(-c3ccccc3)n2-c2cc(C)ccc2C)cc1. The molecule has 3 aromatic carbocycles. The van der Waals surface area contributed by atoms with E-state index in [9.17, 15) is 4.79 Å². The van der Waals surface area contributed by atoms with Gasteiger partial charge in [-0.25, -0.2) is 0 Å². The number of hydrogen-bond donors (Lipinski definition) is 1. The molecule has 4 rings (SSSR count). The fraction of sp³-hybridized carbons (Fsp3) is 0.160. The first-order valence-corrected chi connectivity index (χ1v) is 11.1. The van der Waals surface area contributed by atoms with Gasteiger partial charge in [0.2, 0.25) is 5.91 Å². The summed E-state index contributed by atoms with van der Waals surface area (Å²) in [6, 6.07) is 24.1. The number of hydrogen-bond acceptors (Lipinski definition) is 4. The Kier molecular flexibility index (Phi) is 6.18. The molecule has 0 saturated carbocycles. The molecule has 1 amide bonds. The minimum atomic E-state index is -0.0781. The number of rotatable bonds is 6. The van der Waals surface area contributed by atoms with Crippen molar-refractivity contribution >= 4 is 23.4 Å². The quantitative estimate of drug-likeness (QED) is 0.407. The third-order valence-electron chi connectivity index (χ3n) is 4.94. The zero-order chi connectivity index (χ0) is 21.8. The van der Waals surface area contributed by atoms with E-state index in [1.165, 1.54) is 11.8 Å². The predicted molar refractivity (Wildman–Crippen MR) is 127 cm³/mol. The number of aryl methyl sites for hydroxylation is 3. The van der Waals surface area contributed by atoms with Crippen molar-refractivity contribution in [2.45, 2.75) is 25.9 Å². The highest BCUT2D eigenvalue weighted by Crippen LogP contribution is 2.30. The van der Waals surface area contributed by atoms with E-state index in [0.29, 0.717) is 5.16 Å². The van der Waals surface area contributed by atoms with Crippen molar-refractivity contribution in [2.75, 3.05) is 11.1 Å². The number of nitrogens with zero attached hydrogens (tertiary/aromatic N) is 3. The summed E-state index contributed by atoms with van der Waals surface area (Å²) in [5.41, 5.74) is 6.21. The molecule has 0 aliphatic rings. The van der Waals surface area contributed by atoms with Crippen molar-refractivity contribution in [1.82, 2.24) is 14.8 Å². The van der Waals surface area contributed by atoms with Crippen molar-refractivity contribution in [3.05, 3.63) is 89.5 Å². The van der Waals surface area contributed by atoms with Crippen LogP contribution in [-0.2, 0) is 4.79 Å². The molecule has 0 aliphatic heterocycles. The van der Waals surface area contributed by atoms with Crippen LogP contribution in [-0.4, -0.2) is 26.4 Å². The molecule has 6 heteroatoms. The number of amides is 1. The van der Waals surface area contributed by atoms with E-state index in [2.05, 4.69) is 47.6 Å². The van der Waals surface area contributed by atoms with Gasteiger partial charge in [-0.3, -0.25) is 9.36 Å².